The maximum absolute atomic E-state index is 10.4. The van der Waals surface area contributed by atoms with Gasteiger partial charge in [-0.1, -0.05) is 30.3 Å². The Morgan fingerprint density at radius 2 is 1.13 bits per heavy atom. The fourth-order valence-corrected chi connectivity index (χ4v) is 4.08. The Balaban J connectivity index is -0.0000000918. The van der Waals surface area contributed by atoms with Crippen LogP contribution in [0.5, 0.6) is 0 Å². The van der Waals surface area contributed by atoms with E-state index >= 15 is 0 Å². The van der Waals surface area contributed by atoms with Crippen LogP contribution in [0.3, 0.4) is 0 Å². The topological polar surface area (TPSA) is 586 Å². The van der Waals surface area contributed by atoms with Gasteiger partial charge in [0.15, 0.2) is 5.96 Å². The van der Waals surface area contributed by atoms with Crippen LogP contribution in [0.15, 0.2) is 47.8 Å². The monoisotopic (exact) mass is 1120 g/mol. The summed E-state index contributed by atoms with van der Waals surface area (Å²) in [5.74, 6) is -7.79. The van der Waals surface area contributed by atoms with Gasteiger partial charge in [0.2, 0.25) is 0 Å². The number of hydrogen-bond acceptors (Lipinski definition) is 18. The number of carboxylic acid groups (broad SMARTS) is 8. The van der Waals surface area contributed by atoms with Gasteiger partial charge < -0.3 is 106 Å². The SMILES string of the molecule is NC(CCC(=O)O)C(=O)O.NC(Cc1ccccc1)C(=O)O.NC(Cc1cnc[nH]1)C(=O)O.NC(N)=NCCCC(N)C(=O)O.NCC(=O)O.NCCCC(N)C(=O)O.O=C(O)C1CCCN1.[Ca+2].[H-].[H-].[Mn].[Zn]. The largest absolute Gasteiger partial charge is 2.00 e. The summed E-state index contributed by atoms with van der Waals surface area (Å²) in [6, 6.07) is 4.80. The van der Waals surface area contributed by atoms with Crippen LogP contribution in [0.1, 0.15) is 65.5 Å². The molecular weight excluding hydrogens is 1050 g/mol. The van der Waals surface area contributed by atoms with E-state index in [1.165, 1.54) is 6.33 Å². The standard InChI is InChI=1S/C9H11NO2.C6H14N4O2.C6H9N3O2.C5H12N2O2.C5H9NO4.C5H9NO2.C2H5NO2.Ca.Mn.Zn.2H/c10-8(9(11)12)6-7-4-2-1-3-5-7;7-4(5(11)12)2-1-3-10-6(8)9;7-5(6(10)11)1-4-2-8-3-9-4;6-3-1-2-4(7)5(8)9;6-3(5(9)10)1-2-4(7)8;7-5(8)4-2-1-3-6-4;3-1-2(4)5;;;;;/h1-5,8H,6,10H2,(H,11,12);4H,1-3,7H2,(H,11,12)(H4,8,9,10);2-3,5H,1,7H2,(H,8,9)(H,10,11);4H,1-3,6-7H2,(H,8,9);3H,1-2,6H2,(H,7,8)(H,9,10);4,6H,1-3H2,(H,7,8);1,3H2,(H,4,5);;;;;/q;;;;;;;+2;;;2*-1. The Kier molecular flexibility index (Phi) is 57.9. The number of H-pyrrole nitrogens is 1. The van der Waals surface area contributed by atoms with E-state index in [9.17, 15) is 38.4 Å². The van der Waals surface area contributed by atoms with E-state index in [-0.39, 0.29) is 115 Å². The first-order valence-corrected chi connectivity index (χ1v) is 20.0. The molecule has 0 bridgehead atoms. The van der Waals surface area contributed by atoms with Gasteiger partial charge in [0.1, 0.15) is 36.3 Å². The van der Waals surface area contributed by atoms with E-state index in [2.05, 4.69) is 26.0 Å². The average molecular weight is 1130 g/mol. The molecule has 0 aliphatic carbocycles. The second kappa shape index (κ2) is 50.9. The van der Waals surface area contributed by atoms with E-state index in [1.807, 2.05) is 30.3 Å². The first kappa shape index (κ1) is 79.7. The van der Waals surface area contributed by atoms with Crippen LogP contribution in [-0.2, 0) is 87.7 Å². The van der Waals surface area contributed by atoms with Gasteiger partial charge in [0, 0.05) is 67.8 Å². The van der Waals surface area contributed by atoms with Gasteiger partial charge in [0.05, 0.1) is 12.9 Å². The van der Waals surface area contributed by atoms with Gasteiger partial charge in [-0.2, -0.15) is 0 Å². The molecule has 70 heavy (non-hydrogen) atoms. The van der Waals surface area contributed by atoms with Crippen molar-refractivity contribution in [1.29, 1.82) is 0 Å². The van der Waals surface area contributed by atoms with Crippen molar-refractivity contribution >= 4 is 91.5 Å². The molecule has 1 aliphatic heterocycles. The minimum absolute atomic E-state index is 0. The molecule has 1 saturated heterocycles. The summed E-state index contributed by atoms with van der Waals surface area (Å²) in [4.78, 5) is 90.3. The average Bonchev–Trinajstić information content (AvgIpc) is 4.01. The Morgan fingerprint density at radius 3 is 1.46 bits per heavy atom. The number of nitrogens with one attached hydrogen (secondary N) is 2. The van der Waals surface area contributed by atoms with Crippen LogP contribution >= 0.6 is 0 Å². The number of guanidine groups is 1. The van der Waals surface area contributed by atoms with Crippen LogP contribution in [0.25, 0.3) is 0 Å². The molecule has 395 valence electrons. The number of carboxylic acids is 8. The molecular formula is C38H71CaMnN13O16Zn. The van der Waals surface area contributed by atoms with Gasteiger partial charge in [-0.05, 0) is 70.0 Å². The quantitative estimate of drug-likeness (QED) is 0.0243. The fourth-order valence-electron chi connectivity index (χ4n) is 4.08. The number of aromatic amines is 1. The van der Waals surface area contributed by atoms with E-state index in [4.69, 9.17) is 86.7 Å². The Hall–Kier alpha value is -4.46. The molecule has 1 fully saturated rings. The number of imidazole rings is 1. The number of nitrogens with zero attached hydrogens (tertiary/aromatic N) is 2. The molecule has 1 radical (unpaired) electrons. The number of nitrogens with two attached hydrogens (primary N) is 9. The third-order valence-electron chi connectivity index (χ3n) is 7.77. The van der Waals surface area contributed by atoms with Crippen molar-refractivity contribution in [3.05, 3.63) is 54.1 Å². The first-order valence-electron chi connectivity index (χ1n) is 20.0. The molecule has 0 amide bonds. The number of hydrogen-bond donors (Lipinski definition) is 19. The molecule has 0 spiro atoms. The summed E-state index contributed by atoms with van der Waals surface area (Å²) in [5, 5.41) is 68.6. The van der Waals surface area contributed by atoms with E-state index in [1.54, 1.807) is 6.20 Å². The summed E-state index contributed by atoms with van der Waals surface area (Å²) in [6.07, 6.45) is 7.37. The molecule has 28 N–H and O–H groups in total. The normalized spacial score (nSPS) is 13.4. The third kappa shape index (κ3) is 54.5. The molecule has 29 nitrogen and oxygen atoms in total. The van der Waals surface area contributed by atoms with Crippen LogP contribution in [-0.4, -0.2) is 205 Å². The number of benzene rings is 1. The van der Waals surface area contributed by atoms with Gasteiger partial charge in [-0.15, -0.1) is 0 Å². The molecule has 6 atom stereocenters. The number of aliphatic imine (C=N–C) groups is 1. The van der Waals surface area contributed by atoms with Crippen molar-refractivity contribution in [2.24, 2.45) is 56.6 Å². The van der Waals surface area contributed by atoms with E-state index < -0.39 is 78.0 Å². The minimum Gasteiger partial charge on any atom is -1.00 e. The number of aliphatic carboxylic acids is 8. The molecule has 0 saturated carbocycles. The number of aromatic nitrogens is 2. The molecule has 1 aliphatic rings. The summed E-state index contributed by atoms with van der Waals surface area (Å²) >= 11 is 0. The van der Waals surface area contributed by atoms with Crippen molar-refractivity contribution < 1.29 is 119 Å². The molecule has 6 unspecified atom stereocenters. The van der Waals surface area contributed by atoms with Crippen LogP contribution in [0.2, 0.25) is 0 Å². The molecule has 32 heteroatoms. The number of rotatable bonds is 21. The van der Waals surface area contributed by atoms with Crippen molar-refractivity contribution in [3.63, 3.8) is 0 Å². The minimum atomic E-state index is -1.17. The maximum Gasteiger partial charge on any atom is 2.00 e. The maximum atomic E-state index is 10.4. The molecule has 1 aromatic carbocycles. The predicted octanol–water partition coefficient (Wildman–Crippen LogP) is -4.45. The van der Waals surface area contributed by atoms with E-state index in [0.29, 0.717) is 45.2 Å². The van der Waals surface area contributed by atoms with Crippen molar-refractivity contribution in [2.75, 3.05) is 26.2 Å². The van der Waals surface area contributed by atoms with Gasteiger partial charge >= 0.3 is 85.5 Å². The number of carbonyl (C=O) groups is 8. The zero-order valence-corrected chi connectivity index (χ0v) is 45.0. The van der Waals surface area contributed by atoms with Gasteiger partial charge in [-0.25, -0.2) is 4.98 Å². The Labute approximate surface area is 459 Å². The summed E-state index contributed by atoms with van der Waals surface area (Å²) in [5.41, 5.74) is 47.5. The Bertz CT molecular complexity index is 1750. The summed E-state index contributed by atoms with van der Waals surface area (Å²) < 4.78 is 0. The van der Waals surface area contributed by atoms with Crippen LogP contribution in [0.4, 0.5) is 0 Å². The second-order valence-electron chi connectivity index (χ2n) is 13.6. The van der Waals surface area contributed by atoms with Crippen LogP contribution in [0, 0.1) is 0 Å². The molecule has 1 aromatic heterocycles. The van der Waals surface area contributed by atoms with Crippen LogP contribution < -0.4 is 56.9 Å². The first-order chi connectivity index (χ1) is 31.2. The third-order valence-corrected chi connectivity index (χ3v) is 7.77. The van der Waals surface area contributed by atoms with Crippen molar-refractivity contribution in [2.45, 2.75) is 100 Å². The zero-order valence-electron chi connectivity index (χ0n) is 40.6. The zero-order chi connectivity index (χ0) is 52.5. The van der Waals surface area contributed by atoms with Gasteiger partial charge in [-0.3, -0.25) is 43.3 Å². The smallest absolute Gasteiger partial charge is 1.00 e. The summed E-state index contributed by atoms with van der Waals surface area (Å²) in [7, 11) is 0. The fraction of sp³-hybridized carbons (Fsp3) is 0.526. The second-order valence-corrected chi connectivity index (χ2v) is 13.6. The molecule has 3 rings (SSSR count). The molecule has 2 aromatic rings. The van der Waals surface area contributed by atoms with Crippen molar-refractivity contribution in [1.82, 2.24) is 15.3 Å². The molecule has 2 heterocycles. The van der Waals surface area contributed by atoms with E-state index in [0.717, 1.165) is 30.6 Å². The van der Waals surface area contributed by atoms with Crippen molar-refractivity contribution in [3.8, 4) is 0 Å². The predicted molar refractivity (Wildman–Crippen MR) is 249 cm³/mol. The Morgan fingerprint density at radius 1 is 0.686 bits per heavy atom. The van der Waals surface area contributed by atoms with Gasteiger partial charge in [0.25, 0.3) is 0 Å². The summed E-state index contributed by atoms with van der Waals surface area (Å²) in [6.45, 7) is 1.50.